The van der Waals surface area contributed by atoms with Crippen molar-refractivity contribution in [1.82, 2.24) is 9.55 Å². The molecule has 4 nitrogen and oxygen atoms in total. The molecule has 7 heteroatoms. The van der Waals surface area contributed by atoms with Gasteiger partial charge in [-0.25, -0.2) is 9.37 Å². The van der Waals surface area contributed by atoms with Crippen molar-refractivity contribution in [2.75, 3.05) is 11.1 Å². The van der Waals surface area contributed by atoms with Gasteiger partial charge in [-0.3, -0.25) is 4.79 Å². The number of hydrogen-bond acceptors (Lipinski definition) is 3. The van der Waals surface area contributed by atoms with E-state index in [1.165, 1.54) is 23.9 Å². The lowest BCUT2D eigenvalue weighted by Crippen LogP contribution is -2.14. The number of thioether (sulfide) groups is 1. The molecule has 0 aliphatic rings. The van der Waals surface area contributed by atoms with Gasteiger partial charge in [0.05, 0.1) is 11.4 Å². The minimum absolute atomic E-state index is 0.145. The summed E-state index contributed by atoms with van der Waals surface area (Å²) < 4.78 is 15.6. The SMILES string of the molecule is O=C(CSc1nc(-c2ccccc2)cn1Cc1cccc(F)c1)Nc1ccc(Cl)cc1. The summed E-state index contributed by atoms with van der Waals surface area (Å²) in [5.41, 5.74) is 3.29. The molecule has 4 aromatic rings. The second-order valence-corrected chi connectivity index (χ2v) is 8.26. The number of rotatable bonds is 7. The fourth-order valence-electron chi connectivity index (χ4n) is 3.07. The first-order chi connectivity index (χ1) is 15.1. The molecule has 0 saturated carbocycles. The molecule has 1 aromatic heterocycles. The van der Waals surface area contributed by atoms with E-state index in [1.807, 2.05) is 47.2 Å². The summed E-state index contributed by atoms with van der Waals surface area (Å²) in [6.45, 7) is 0.457. The van der Waals surface area contributed by atoms with Crippen molar-refractivity contribution < 1.29 is 9.18 Å². The number of carbonyl (C=O) groups excluding carboxylic acids is 1. The van der Waals surface area contributed by atoms with Crippen LogP contribution in [0.15, 0.2) is 90.2 Å². The van der Waals surface area contributed by atoms with E-state index < -0.39 is 0 Å². The molecule has 31 heavy (non-hydrogen) atoms. The largest absolute Gasteiger partial charge is 0.325 e. The molecular formula is C24H19ClFN3OS. The number of halogens is 2. The van der Waals surface area contributed by atoms with Gasteiger partial charge in [-0.15, -0.1) is 0 Å². The average Bonchev–Trinajstić information content (AvgIpc) is 3.17. The number of nitrogens with one attached hydrogen (secondary N) is 1. The standard InChI is InChI=1S/C24H19ClFN3OS/c25-19-9-11-21(12-10-19)27-23(30)16-31-24-28-22(18-6-2-1-3-7-18)15-29(24)14-17-5-4-8-20(26)13-17/h1-13,15H,14,16H2,(H,27,30). The molecule has 0 radical (unpaired) electrons. The zero-order valence-corrected chi connectivity index (χ0v) is 18.0. The summed E-state index contributed by atoms with van der Waals surface area (Å²) in [6.07, 6.45) is 1.93. The Balaban J connectivity index is 1.52. The molecule has 0 bridgehead atoms. The minimum Gasteiger partial charge on any atom is -0.325 e. The number of imidazole rings is 1. The van der Waals surface area contributed by atoms with Crippen LogP contribution in [-0.4, -0.2) is 21.2 Å². The Kier molecular flexibility index (Phi) is 6.70. The fourth-order valence-corrected chi connectivity index (χ4v) is 3.97. The number of hydrogen-bond donors (Lipinski definition) is 1. The Labute approximate surface area is 189 Å². The van der Waals surface area contributed by atoms with E-state index in [9.17, 15) is 9.18 Å². The van der Waals surface area contributed by atoms with Crippen molar-refractivity contribution in [2.24, 2.45) is 0 Å². The molecule has 4 rings (SSSR count). The summed E-state index contributed by atoms with van der Waals surface area (Å²) >= 11 is 7.22. The van der Waals surface area contributed by atoms with E-state index in [-0.39, 0.29) is 17.5 Å². The van der Waals surface area contributed by atoms with Gasteiger partial charge in [0.1, 0.15) is 5.82 Å². The highest BCUT2D eigenvalue weighted by molar-refractivity contribution is 7.99. The first-order valence-corrected chi connectivity index (χ1v) is 11.0. The Bertz CT molecular complexity index is 1180. The fraction of sp³-hybridized carbons (Fsp3) is 0.0833. The van der Waals surface area contributed by atoms with Crippen LogP contribution in [0.5, 0.6) is 0 Å². The van der Waals surface area contributed by atoms with Crippen LogP contribution < -0.4 is 5.32 Å². The number of nitrogens with zero attached hydrogens (tertiary/aromatic N) is 2. The summed E-state index contributed by atoms with van der Waals surface area (Å²) in [5.74, 6) is -0.233. The summed E-state index contributed by atoms with van der Waals surface area (Å²) in [5, 5.41) is 4.15. The third-order valence-electron chi connectivity index (χ3n) is 4.51. The number of anilines is 1. The van der Waals surface area contributed by atoms with E-state index in [1.54, 1.807) is 30.3 Å². The molecule has 0 fully saturated rings. The molecule has 1 heterocycles. The predicted molar refractivity (Wildman–Crippen MR) is 124 cm³/mol. The van der Waals surface area contributed by atoms with Crippen molar-refractivity contribution in [3.05, 3.63) is 101 Å². The highest BCUT2D eigenvalue weighted by atomic mass is 35.5. The molecule has 1 amide bonds. The van der Waals surface area contributed by atoms with Crippen LogP contribution in [0.4, 0.5) is 10.1 Å². The topological polar surface area (TPSA) is 46.9 Å². The molecule has 156 valence electrons. The first-order valence-electron chi connectivity index (χ1n) is 9.62. The van der Waals surface area contributed by atoms with Crippen LogP contribution in [0.2, 0.25) is 5.02 Å². The zero-order chi connectivity index (χ0) is 21.6. The van der Waals surface area contributed by atoms with Crippen LogP contribution in [0, 0.1) is 5.82 Å². The monoisotopic (exact) mass is 451 g/mol. The van der Waals surface area contributed by atoms with Crippen LogP contribution in [0.25, 0.3) is 11.3 Å². The molecular weight excluding hydrogens is 433 g/mol. The van der Waals surface area contributed by atoms with Gasteiger partial charge in [-0.1, -0.05) is 65.8 Å². The van der Waals surface area contributed by atoms with Gasteiger partial charge in [0, 0.05) is 29.0 Å². The maximum absolute atomic E-state index is 13.6. The zero-order valence-electron chi connectivity index (χ0n) is 16.5. The van der Waals surface area contributed by atoms with Crippen LogP contribution in [0.3, 0.4) is 0 Å². The third-order valence-corrected chi connectivity index (χ3v) is 5.75. The van der Waals surface area contributed by atoms with Gasteiger partial charge in [-0.05, 0) is 42.0 Å². The minimum atomic E-state index is -0.280. The summed E-state index contributed by atoms with van der Waals surface area (Å²) in [4.78, 5) is 17.1. The van der Waals surface area contributed by atoms with E-state index in [2.05, 4.69) is 5.32 Å². The van der Waals surface area contributed by atoms with Gasteiger partial charge in [0.25, 0.3) is 0 Å². The lowest BCUT2D eigenvalue weighted by molar-refractivity contribution is -0.113. The molecule has 3 aromatic carbocycles. The molecule has 0 aliphatic carbocycles. The van der Waals surface area contributed by atoms with E-state index in [0.717, 1.165) is 16.8 Å². The number of carbonyl (C=O) groups is 1. The maximum atomic E-state index is 13.6. The molecule has 0 unspecified atom stereocenters. The molecule has 0 atom stereocenters. The maximum Gasteiger partial charge on any atom is 0.234 e. The average molecular weight is 452 g/mol. The van der Waals surface area contributed by atoms with Gasteiger partial charge in [0.2, 0.25) is 5.91 Å². The van der Waals surface area contributed by atoms with Gasteiger partial charge in [0.15, 0.2) is 5.16 Å². The molecule has 1 N–H and O–H groups in total. The van der Waals surface area contributed by atoms with E-state index in [4.69, 9.17) is 16.6 Å². The lowest BCUT2D eigenvalue weighted by atomic mass is 10.2. The van der Waals surface area contributed by atoms with Crippen molar-refractivity contribution in [2.45, 2.75) is 11.7 Å². The second-order valence-electron chi connectivity index (χ2n) is 6.88. The highest BCUT2D eigenvalue weighted by Crippen LogP contribution is 2.25. The Hall–Kier alpha value is -3.09. The van der Waals surface area contributed by atoms with E-state index in [0.29, 0.717) is 22.4 Å². The predicted octanol–water partition coefficient (Wildman–Crippen LogP) is 6.12. The van der Waals surface area contributed by atoms with Crippen molar-refractivity contribution in [3.63, 3.8) is 0 Å². The molecule has 0 saturated heterocycles. The summed E-state index contributed by atoms with van der Waals surface area (Å²) in [6, 6.07) is 23.3. The Morgan fingerprint density at radius 1 is 1.03 bits per heavy atom. The van der Waals surface area contributed by atoms with Crippen LogP contribution >= 0.6 is 23.4 Å². The normalized spacial score (nSPS) is 10.8. The third kappa shape index (κ3) is 5.75. The Morgan fingerprint density at radius 3 is 2.55 bits per heavy atom. The highest BCUT2D eigenvalue weighted by Gasteiger charge is 2.13. The van der Waals surface area contributed by atoms with Crippen molar-refractivity contribution >= 4 is 35.0 Å². The van der Waals surface area contributed by atoms with E-state index >= 15 is 0 Å². The lowest BCUT2D eigenvalue weighted by Gasteiger charge is -2.08. The van der Waals surface area contributed by atoms with Crippen molar-refractivity contribution in [3.8, 4) is 11.3 Å². The Morgan fingerprint density at radius 2 is 1.81 bits per heavy atom. The second kappa shape index (κ2) is 9.81. The number of benzene rings is 3. The quantitative estimate of drug-likeness (QED) is 0.344. The van der Waals surface area contributed by atoms with Crippen LogP contribution in [0.1, 0.15) is 5.56 Å². The van der Waals surface area contributed by atoms with Crippen LogP contribution in [-0.2, 0) is 11.3 Å². The number of aromatic nitrogens is 2. The first kappa shape index (κ1) is 21.2. The van der Waals surface area contributed by atoms with Gasteiger partial charge < -0.3 is 9.88 Å². The molecule has 0 aliphatic heterocycles. The van der Waals surface area contributed by atoms with Crippen molar-refractivity contribution in [1.29, 1.82) is 0 Å². The molecule has 0 spiro atoms. The summed E-state index contributed by atoms with van der Waals surface area (Å²) in [7, 11) is 0. The smallest absolute Gasteiger partial charge is 0.234 e. The number of amides is 1. The van der Waals surface area contributed by atoms with Gasteiger partial charge >= 0.3 is 0 Å². The van der Waals surface area contributed by atoms with Gasteiger partial charge in [-0.2, -0.15) is 0 Å².